The van der Waals surface area contributed by atoms with Crippen LogP contribution in [0.15, 0.2) is 34.3 Å². The van der Waals surface area contributed by atoms with E-state index in [1.54, 1.807) is 11.8 Å². The minimum absolute atomic E-state index is 0.0455. The molecule has 2 aromatic rings. The lowest BCUT2D eigenvalue weighted by atomic mass is 10.1. The van der Waals surface area contributed by atoms with Gasteiger partial charge in [-0.25, -0.2) is 4.68 Å². The Labute approximate surface area is 130 Å². The van der Waals surface area contributed by atoms with Gasteiger partial charge in [0.25, 0.3) is 0 Å². The summed E-state index contributed by atoms with van der Waals surface area (Å²) in [7, 11) is 1.35. The van der Waals surface area contributed by atoms with Crippen LogP contribution in [-0.2, 0) is 22.5 Å². The van der Waals surface area contributed by atoms with Crippen LogP contribution < -0.4 is 0 Å². The largest absolute Gasteiger partial charge is 0.468 e. The van der Waals surface area contributed by atoms with Gasteiger partial charge >= 0.3 is 5.97 Å². The number of thioether (sulfide) groups is 2. The normalized spacial score (nSPS) is 16.7. The van der Waals surface area contributed by atoms with E-state index >= 15 is 0 Å². The molecule has 3 rings (SSSR count). The molecule has 1 aromatic heterocycles. The van der Waals surface area contributed by atoms with Crippen LogP contribution in [0.1, 0.15) is 5.56 Å². The van der Waals surface area contributed by atoms with E-state index in [9.17, 15) is 4.79 Å². The highest BCUT2D eigenvalue weighted by molar-refractivity contribution is 8.03. The molecule has 0 N–H and O–H groups in total. The van der Waals surface area contributed by atoms with E-state index < -0.39 is 0 Å². The highest BCUT2D eigenvalue weighted by Crippen LogP contribution is 2.38. The van der Waals surface area contributed by atoms with Gasteiger partial charge in [0.15, 0.2) is 0 Å². The molecule has 21 heavy (non-hydrogen) atoms. The number of methoxy groups -OCH3 is 1. The number of carbonyl (C=O) groups excluding carboxylic acids is 1. The number of hydrogen-bond donors (Lipinski definition) is 0. The molecular weight excluding hydrogens is 308 g/mol. The molecule has 1 atom stereocenters. The first-order valence-electron chi connectivity index (χ1n) is 6.46. The number of esters is 1. The van der Waals surface area contributed by atoms with Gasteiger partial charge in [-0.1, -0.05) is 30.0 Å². The summed E-state index contributed by atoms with van der Waals surface area (Å²) in [5, 5.41) is 12.6. The van der Waals surface area contributed by atoms with E-state index in [-0.39, 0.29) is 12.5 Å². The maximum absolute atomic E-state index is 11.3. The quantitative estimate of drug-likeness (QED) is 0.612. The SMILES string of the molecule is COC(=O)Cn1nnnc1SCC1Cc2ccccc2S1. The molecule has 1 aliphatic heterocycles. The Hall–Kier alpha value is -1.54. The second-order valence-corrected chi connectivity index (χ2v) is 6.89. The molecule has 1 aliphatic rings. The zero-order valence-corrected chi connectivity index (χ0v) is 13.1. The van der Waals surface area contributed by atoms with E-state index in [2.05, 4.69) is 44.5 Å². The summed E-state index contributed by atoms with van der Waals surface area (Å²) in [5.74, 6) is 0.549. The zero-order valence-electron chi connectivity index (χ0n) is 11.4. The number of nitrogens with zero attached hydrogens (tertiary/aromatic N) is 4. The van der Waals surface area contributed by atoms with Gasteiger partial charge in [0.1, 0.15) is 6.54 Å². The third-order valence-electron chi connectivity index (χ3n) is 3.12. The molecule has 1 aromatic carbocycles. The summed E-state index contributed by atoms with van der Waals surface area (Å²) in [5.41, 5.74) is 1.40. The summed E-state index contributed by atoms with van der Waals surface area (Å²) < 4.78 is 6.11. The molecule has 110 valence electrons. The molecule has 0 saturated carbocycles. The molecule has 0 aliphatic carbocycles. The van der Waals surface area contributed by atoms with Crippen LogP contribution in [0.2, 0.25) is 0 Å². The van der Waals surface area contributed by atoms with Crippen LogP contribution in [0.4, 0.5) is 0 Å². The minimum atomic E-state index is -0.355. The Morgan fingerprint density at radius 2 is 2.38 bits per heavy atom. The van der Waals surface area contributed by atoms with Gasteiger partial charge in [0.05, 0.1) is 7.11 Å². The Balaban J connectivity index is 1.57. The molecule has 0 saturated heterocycles. The summed E-state index contributed by atoms with van der Waals surface area (Å²) in [6, 6.07) is 8.48. The highest BCUT2D eigenvalue weighted by Gasteiger charge is 2.23. The summed E-state index contributed by atoms with van der Waals surface area (Å²) in [6.45, 7) is 0.0455. The first-order chi connectivity index (χ1) is 10.3. The molecule has 0 amide bonds. The smallest absolute Gasteiger partial charge is 0.327 e. The number of ether oxygens (including phenoxy) is 1. The maximum atomic E-state index is 11.3. The van der Waals surface area contributed by atoms with Crippen molar-refractivity contribution in [1.29, 1.82) is 0 Å². The van der Waals surface area contributed by atoms with Crippen molar-refractivity contribution in [3.8, 4) is 0 Å². The highest BCUT2D eigenvalue weighted by atomic mass is 32.2. The Morgan fingerprint density at radius 1 is 1.52 bits per heavy atom. The van der Waals surface area contributed by atoms with Crippen LogP contribution in [-0.4, -0.2) is 44.3 Å². The molecular formula is C13H14N4O2S2. The van der Waals surface area contributed by atoms with Crippen molar-refractivity contribution < 1.29 is 9.53 Å². The molecule has 0 radical (unpaired) electrons. The van der Waals surface area contributed by atoms with Crippen LogP contribution in [0.3, 0.4) is 0 Å². The molecule has 6 nitrogen and oxygen atoms in total. The molecule has 8 heteroatoms. The Morgan fingerprint density at radius 3 is 3.19 bits per heavy atom. The van der Waals surface area contributed by atoms with Crippen LogP contribution >= 0.6 is 23.5 Å². The predicted octanol–water partition coefficient (Wildman–Crippen LogP) is 1.66. The second kappa shape index (κ2) is 6.48. The van der Waals surface area contributed by atoms with Crippen molar-refractivity contribution in [2.24, 2.45) is 0 Å². The number of fused-ring (bicyclic) bond motifs is 1. The number of aromatic nitrogens is 4. The van der Waals surface area contributed by atoms with Gasteiger partial charge in [0.2, 0.25) is 5.16 Å². The van der Waals surface area contributed by atoms with E-state index in [0.717, 1.165) is 12.2 Å². The van der Waals surface area contributed by atoms with Crippen molar-refractivity contribution >= 4 is 29.5 Å². The lowest BCUT2D eigenvalue weighted by Gasteiger charge is -2.07. The first-order valence-corrected chi connectivity index (χ1v) is 8.33. The van der Waals surface area contributed by atoms with Crippen molar-refractivity contribution in [1.82, 2.24) is 20.2 Å². The fourth-order valence-electron chi connectivity index (χ4n) is 2.10. The van der Waals surface area contributed by atoms with Crippen molar-refractivity contribution in [3.05, 3.63) is 29.8 Å². The molecule has 0 fully saturated rings. The second-order valence-electron chi connectivity index (χ2n) is 4.56. The number of carbonyl (C=O) groups is 1. The monoisotopic (exact) mass is 322 g/mol. The van der Waals surface area contributed by atoms with Crippen LogP contribution in [0.25, 0.3) is 0 Å². The van der Waals surface area contributed by atoms with Gasteiger partial charge in [-0.2, -0.15) is 0 Å². The third-order valence-corrected chi connectivity index (χ3v) is 5.77. The number of benzene rings is 1. The van der Waals surface area contributed by atoms with E-state index in [0.29, 0.717) is 10.4 Å². The average molecular weight is 322 g/mol. The Kier molecular flexibility index (Phi) is 4.45. The molecule has 1 unspecified atom stereocenters. The van der Waals surface area contributed by atoms with Crippen LogP contribution in [0.5, 0.6) is 0 Å². The van der Waals surface area contributed by atoms with Gasteiger partial charge in [-0.3, -0.25) is 4.79 Å². The first kappa shape index (κ1) is 14.4. The van der Waals surface area contributed by atoms with E-state index in [4.69, 9.17) is 0 Å². The fourth-order valence-corrected chi connectivity index (χ4v) is 4.46. The lowest BCUT2D eigenvalue weighted by Crippen LogP contribution is -2.14. The standard InChI is InChI=1S/C13H14N4O2S2/c1-19-12(18)7-17-13(14-15-16-17)20-8-10-6-9-4-2-3-5-11(9)21-10/h2-5,10H,6-8H2,1H3. The van der Waals surface area contributed by atoms with Gasteiger partial charge in [-0.05, 0) is 28.5 Å². The molecule has 0 bridgehead atoms. The van der Waals surface area contributed by atoms with Gasteiger partial charge in [-0.15, -0.1) is 16.9 Å². The van der Waals surface area contributed by atoms with Crippen molar-refractivity contribution in [3.63, 3.8) is 0 Å². The van der Waals surface area contributed by atoms with Crippen molar-refractivity contribution in [2.45, 2.75) is 28.3 Å². The summed E-state index contributed by atoms with van der Waals surface area (Å²) >= 11 is 3.46. The fraction of sp³-hybridized carbons (Fsp3) is 0.385. The number of tetrazole rings is 1. The number of rotatable bonds is 5. The summed E-state index contributed by atoms with van der Waals surface area (Å²) in [6.07, 6.45) is 1.06. The van der Waals surface area contributed by atoms with Crippen molar-refractivity contribution in [2.75, 3.05) is 12.9 Å². The maximum Gasteiger partial charge on any atom is 0.327 e. The zero-order chi connectivity index (χ0) is 14.7. The van der Waals surface area contributed by atoms with Crippen LogP contribution in [0, 0.1) is 0 Å². The number of hydrogen-bond acceptors (Lipinski definition) is 7. The third kappa shape index (κ3) is 3.38. The lowest BCUT2D eigenvalue weighted by molar-refractivity contribution is -0.141. The van der Waals surface area contributed by atoms with Gasteiger partial charge < -0.3 is 4.74 Å². The molecule has 0 spiro atoms. The minimum Gasteiger partial charge on any atom is -0.468 e. The van der Waals surface area contributed by atoms with E-state index in [1.165, 1.54) is 22.3 Å². The topological polar surface area (TPSA) is 69.9 Å². The van der Waals surface area contributed by atoms with E-state index in [1.807, 2.05) is 11.8 Å². The average Bonchev–Trinajstić information content (AvgIpc) is 3.10. The summed E-state index contributed by atoms with van der Waals surface area (Å²) in [4.78, 5) is 12.6. The predicted molar refractivity (Wildman–Crippen MR) is 80.3 cm³/mol. The Bertz CT molecular complexity index is 622. The van der Waals surface area contributed by atoms with Gasteiger partial charge in [0, 0.05) is 15.9 Å². The molecule has 2 heterocycles.